The highest BCUT2D eigenvalue weighted by Crippen LogP contribution is 2.33. The molecule has 8 aromatic heterocycles. The van der Waals surface area contributed by atoms with E-state index in [0.717, 1.165) is 79.1 Å². The molecule has 13 heteroatoms. The zero-order valence-corrected chi connectivity index (χ0v) is 70.0. The normalized spacial score (nSPS) is 11.3. The van der Waals surface area contributed by atoms with Crippen LogP contribution in [-0.4, -0.2) is 39.9 Å². The quantitative estimate of drug-likeness (QED) is 0.131. The molecule has 0 saturated heterocycles. The van der Waals surface area contributed by atoms with Gasteiger partial charge in [-0.1, -0.05) is 124 Å². The summed E-state index contributed by atoms with van der Waals surface area (Å²) in [6.07, 6.45) is 18.3. The predicted octanol–water partition coefficient (Wildman–Crippen LogP) is 19.9. The van der Waals surface area contributed by atoms with E-state index >= 15 is 0 Å². The molecule has 0 amide bonds. The summed E-state index contributed by atoms with van der Waals surface area (Å²) in [4.78, 5) is 36.4. The number of benzene rings is 7. The first kappa shape index (κ1) is 79.7. The van der Waals surface area contributed by atoms with Gasteiger partial charge in [0.1, 0.15) is 77.3 Å². The second-order valence-corrected chi connectivity index (χ2v) is 31.6. The molecule has 0 N–H and O–H groups in total. The van der Waals surface area contributed by atoms with Crippen molar-refractivity contribution in [1.29, 1.82) is 0 Å². The molecule has 0 bridgehead atoms. The van der Waals surface area contributed by atoms with E-state index in [9.17, 15) is 0 Å². The standard InChI is InChI=1S/C21H26N3.C21H25N2.C20H24N3.C18H19N2.C17H18N3/c1-13(2)7-17-10-19-21(22-11-17)23-12-20(24(19)6)18-9-14(3)8-15(4)16(18)5;1-13(2)17-8-7-9-19-21(17)22-12-20(23(19)6)18-11-14(3)10-15(4)16(18)5;1-12(2)16-9-18-20(21-10-16)22-11-19(23(18)6)17-8-13(3)7-14(4)15(17)5;1-12-9-13(2)14(3)15(10-12)18-11-19-16-7-5-6-8-17(16)20(18)4;1-11-7-12(2)13(3)14(8-11)17-10-19-15-9-18-6-5-16(15)20(17)4/h8-13H,7H2,1-6H3;7-13H,1-6H3;7-12H,1-6H3;5-11H,1-4H3;5-10H,1-4H3/q5*+1. The largest absolute Gasteiger partial charge is 0.262 e. The van der Waals surface area contributed by atoms with Crippen LogP contribution in [-0.2, 0) is 41.7 Å². The minimum Gasteiger partial charge on any atom is -0.262 e. The number of aromatic nitrogens is 13. The lowest BCUT2D eigenvalue weighted by atomic mass is 9.97. The van der Waals surface area contributed by atoms with Crippen LogP contribution in [0, 0.1) is 110 Å². The lowest BCUT2D eigenvalue weighted by Gasteiger charge is -2.12. The molecule has 0 spiro atoms. The molecule has 0 aliphatic rings. The SMILES string of the molecule is Cc1cc(C)c(C)c(-c2cnc3c(C(C)C)cccc3[n+]2C)c1.Cc1cc(C)c(C)c(-c2cnc3ccccc3[n+]2C)c1.Cc1cc(C)c(C)c(-c2cnc3cnccc3[n+]2C)c1.Cc1cc(C)c(C)c(-c2cnc3ncc(C(C)C)cc3[n+]2C)c1.Cc1cc(C)c(C)c(-c2cnc3ncc(CC(C)C)cc3[n+]2C)c1. The summed E-state index contributed by atoms with van der Waals surface area (Å²) < 4.78 is 11.1. The van der Waals surface area contributed by atoms with Crippen LogP contribution in [0.1, 0.15) is 154 Å². The molecule has 15 aromatic rings. The Morgan fingerprint density at radius 1 is 0.300 bits per heavy atom. The Kier molecular flexibility index (Phi) is 24.4. The first-order chi connectivity index (χ1) is 52.3. The fraction of sp³-hybridized carbons (Fsp3) is 0.309. The zero-order chi connectivity index (χ0) is 79.4. The van der Waals surface area contributed by atoms with E-state index in [1.54, 1.807) is 6.20 Å². The molecule has 15 rings (SSSR count). The van der Waals surface area contributed by atoms with Crippen LogP contribution in [0.2, 0.25) is 0 Å². The van der Waals surface area contributed by atoms with Gasteiger partial charge in [0.25, 0.3) is 11.0 Å². The van der Waals surface area contributed by atoms with E-state index in [0.29, 0.717) is 17.8 Å². The van der Waals surface area contributed by atoms with Gasteiger partial charge < -0.3 is 0 Å². The number of hydrogen-bond acceptors (Lipinski definition) is 8. The average Bonchev–Trinajstić information content (AvgIpc) is 0.788. The van der Waals surface area contributed by atoms with Crippen molar-refractivity contribution >= 4 is 55.4 Å². The van der Waals surface area contributed by atoms with Crippen LogP contribution in [0.3, 0.4) is 0 Å². The maximum Gasteiger partial charge on any atom is 0.251 e. The van der Waals surface area contributed by atoms with Crippen LogP contribution in [0.25, 0.3) is 112 Å². The van der Waals surface area contributed by atoms with Crippen molar-refractivity contribution in [3.8, 4) is 56.3 Å². The second-order valence-electron chi connectivity index (χ2n) is 31.6. The molecular weight excluding hydrogens is 1350 g/mol. The van der Waals surface area contributed by atoms with E-state index in [-0.39, 0.29) is 0 Å². The summed E-state index contributed by atoms with van der Waals surface area (Å²) >= 11 is 0. The third kappa shape index (κ3) is 17.1. The number of para-hydroxylation sites is 3. The summed E-state index contributed by atoms with van der Waals surface area (Å²) in [5, 5.41) is 0. The van der Waals surface area contributed by atoms with E-state index < -0.39 is 0 Å². The minimum atomic E-state index is 0.457. The summed E-state index contributed by atoms with van der Waals surface area (Å²) in [5.41, 5.74) is 45.6. The Hall–Kier alpha value is -11.3. The smallest absolute Gasteiger partial charge is 0.251 e. The molecule has 13 nitrogen and oxygen atoms in total. The lowest BCUT2D eigenvalue weighted by Crippen LogP contribution is -2.33. The first-order valence-corrected chi connectivity index (χ1v) is 38.6. The van der Waals surface area contributed by atoms with Crippen molar-refractivity contribution in [2.45, 2.75) is 164 Å². The molecule has 0 aliphatic carbocycles. The molecule has 8 heterocycles. The average molecular weight is 1460 g/mol. The zero-order valence-electron chi connectivity index (χ0n) is 70.0. The molecule has 0 radical (unpaired) electrons. The molecule has 110 heavy (non-hydrogen) atoms. The fourth-order valence-electron chi connectivity index (χ4n) is 15.1. The molecule has 0 fully saturated rings. The van der Waals surface area contributed by atoms with Gasteiger partial charge in [0.15, 0.2) is 5.52 Å². The number of rotatable bonds is 9. The third-order valence-corrected chi connectivity index (χ3v) is 22.0. The lowest BCUT2D eigenvalue weighted by molar-refractivity contribution is -0.634. The van der Waals surface area contributed by atoms with Crippen molar-refractivity contribution in [3.63, 3.8) is 0 Å². The highest BCUT2D eigenvalue weighted by atomic mass is 15.0. The van der Waals surface area contributed by atoms with Gasteiger partial charge in [-0.05, 0) is 237 Å². The fourth-order valence-corrected chi connectivity index (χ4v) is 15.1. The van der Waals surface area contributed by atoms with Crippen molar-refractivity contribution < 1.29 is 22.8 Å². The Balaban J connectivity index is 0.000000137. The Morgan fingerprint density at radius 2 is 0.655 bits per heavy atom. The molecule has 0 atom stereocenters. The van der Waals surface area contributed by atoms with Gasteiger partial charge in [-0.2, -0.15) is 22.8 Å². The summed E-state index contributed by atoms with van der Waals surface area (Å²) in [6, 6.07) is 43.5. The van der Waals surface area contributed by atoms with Gasteiger partial charge in [0.2, 0.25) is 56.3 Å². The summed E-state index contributed by atoms with van der Waals surface area (Å²) in [7, 11) is 10.5. The van der Waals surface area contributed by atoms with Crippen molar-refractivity contribution in [2.75, 3.05) is 0 Å². The van der Waals surface area contributed by atoms with Gasteiger partial charge in [-0.3, -0.25) is 4.98 Å². The van der Waals surface area contributed by atoms with E-state index in [4.69, 9.17) is 4.98 Å². The van der Waals surface area contributed by atoms with E-state index in [1.807, 2.05) is 67.8 Å². The van der Waals surface area contributed by atoms with Crippen LogP contribution < -0.4 is 22.8 Å². The molecule has 0 aliphatic heterocycles. The van der Waals surface area contributed by atoms with Gasteiger partial charge in [0.05, 0.1) is 34.0 Å². The topological polar surface area (TPSA) is 123 Å². The van der Waals surface area contributed by atoms with Gasteiger partial charge in [-0.25, -0.2) is 34.9 Å². The van der Waals surface area contributed by atoms with E-state index in [2.05, 4.69) is 341 Å². The van der Waals surface area contributed by atoms with Crippen molar-refractivity contribution in [3.05, 3.63) is 277 Å². The van der Waals surface area contributed by atoms with Gasteiger partial charge in [0, 0.05) is 48.9 Å². The highest BCUT2D eigenvalue weighted by Gasteiger charge is 2.26. The number of hydrogen-bond donors (Lipinski definition) is 0. The maximum atomic E-state index is 4.82. The number of nitrogens with zero attached hydrogens (tertiary/aromatic N) is 13. The second kappa shape index (κ2) is 33.7. The number of pyridine rings is 3. The molecule has 0 unspecified atom stereocenters. The van der Waals surface area contributed by atoms with Crippen molar-refractivity contribution in [1.82, 2.24) is 39.9 Å². The molecular formula is C97H112N13+5. The Bertz CT molecular complexity index is 5800. The van der Waals surface area contributed by atoms with Crippen LogP contribution in [0.4, 0.5) is 0 Å². The first-order valence-electron chi connectivity index (χ1n) is 38.6. The summed E-state index contributed by atoms with van der Waals surface area (Å²) in [6.45, 7) is 45.7. The van der Waals surface area contributed by atoms with Gasteiger partial charge >= 0.3 is 0 Å². The van der Waals surface area contributed by atoms with Crippen LogP contribution >= 0.6 is 0 Å². The van der Waals surface area contributed by atoms with Crippen LogP contribution in [0.5, 0.6) is 0 Å². The van der Waals surface area contributed by atoms with Gasteiger partial charge in [-0.15, -0.1) is 0 Å². The Labute approximate surface area is 652 Å². The molecule has 7 aromatic carbocycles. The molecule has 0 saturated carbocycles. The van der Waals surface area contributed by atoms with E-state index in [1.165, 1.54) is 139 Å². The monoisotopic (exact) mass is 1460 g/mol. The highest BCUT2D eigenvalue weighted by molar-refractivity contribution is 5.79. The molecule has 560 valence electrons. The maximum absolute atomic E-state index is 4.82. The van der Waals surface area contributed by atoms with Crippen LogP contribution in [0.15, 0.2) is 177 Å². The predicted molar refractivity (Wildman–Crippen MR) is 453 cm³/mol. The summed E-state index contributed by atoms with van der Waals surface area (Å²) in [5.74, 6) is 1.55. The third-order valence-electron chi connectivity index (χ3n) is 22.0. The Morgan fingerprint density at radius 3 is 1.08 bits per heavy atom. The van der Waals surface area contributed by atoms with Crippen molar-refractivity contribution in [2.24, 2.45) is 41.2 Å². The number of fused-ring (bicyclic) bond motifs is 5. The minimum absolute atomic E-state index is 0.457. The number of aryl methyl sites for hydroxylation is 15.